The van der Waals surface area contributed by atoms with Crippen LogP contribution in [0.2, 0.25) is 15.1 Å². The van der Waals surface area contributed by atoms with E-state index in [-0.39, 0.29) is 20.6 Å². The topological polar surface area (TPSA) is 12.9 Å². The third kappa shape index (κ3) is 1.54. The number of hydrogen-bond donors (Lipinski definition) is 0. The van der Waals surface area contributed by atoms with Crippen molar-refractivity contribution in [3.05, 3.63) is 39.2 Å². The molecule has 0 saturated heterocycles. The zero-order valence-corrected chi connectivity index (χ0v) is 8.96. The van der Waals surface area contributed by atoms with Crippen LogP contribution in [0.3, 0.4) is 0 Å². The van der Waals surface area contributed by atoms with Gasteiger partial charge in [0.05, 0.1) is 10.0 Å². The fourth-order valence-corrected chi connectivity index (χ4v) is 1.72. The molecule has 1 aromatic carbocycles. The van der Waals surface area contributed by atoms with Crippen molar-refractivity contribution in [1.82, 2.24) is 4.98 Å². The summed E-state index contributed by atoms with van der Waals surface area (Å²) < 4.78 is 13.3. The highest BCUT2D eigenvalue weighted by atomic mass is 35.5. The molecule has 0 N–H and O–H groups in total. The summed E-state index contributed by atoms with van der Waals surface area (Å²) in [7, 11) is 0. The van der Waals surface area contributed by atoms with E-state index in [9.17, 15) is 4.39 Å². The molecule has 1 aromatic heterocycles. The molecule has 5 heteroatoms. The number of pyridine rings is 1. The summed E-state index contributed by atoms with van der Waals surface area (Å²) in [6.45, 7) is 0. The monoisotopic (exact) mass is 249 g/mol. The molecule has 0 bridgehead atoms. The molecule has 0 atom stereocenters. The van der Waals surface area contributed by atoms with Crippen LogP contribution in [-0.4, -0.2) is 4.98 Å². The minimum atomic E-state index is -0.508. The zero-order valence-electron chi connectivity index (χ0n) is 6.69. The number of rotatable bonds is 0. The Balaban J connectivity index is 2.95. The first-order valence-corrected chi connectivity index (χ1v) is 4.82. The van der Waals surface area contributed by atoms with Gasteiger partial charge in [-0.1, -0.05) is 34.8 Å². The molecule has 0 fully saturated rings. The molecular weight excluding hydrogens is 247 g/mol. The molecule has 0 radical (unpaired) electrons. The molecule has 0 saturated carbocycles. The number of hydrogen-bond acceptors (Lipinski definition) is 1. The van der Waals surface area contributed by atoms with Gasteiger partial charge in [-0.25, -0.2) is 4.39 Å². The molecule has 2 aromatic rings. The van der Waals surface area contributed by atoms with Crippen LogP contribution in [-0.2, 0) is 0 Å². The maximum absolute atomic E-state index is 13.3. The van der Waals surface area contributed by atoms with Gasteiger partial charge < -0.3 is 0 Å². The summed E-state index contributed by atoms with van der Waals surface area (Å²) in [4.78, 5) is 3.83. The maximum atomic E-state index is 13.3. The van der Waals surface area contributed by atoms with Crippen molar-refractivity contribution in [3.63, 3.8) is 0 Å². The van der Waals surface area contributed by atoms with E-state index in [1.165, 1.54) is 18.3 Å². The number of aromatic nitrogens is 1. The number of halogens is 4. The summed E-state index contributed by atoms with van der Waals surface area (Å²) in [5.74, 6) is -0.508. The molecule has 0 aliphatic heterocycles. The second kappa shape index (κ2) is 3.54. The van der Waals surface area contributed by atoms with Crippen molar-refractivity contribution in [3.8, 4) is 0 Å². The highest BCUT2D eigenvalue weighted by molar-refractivity contribution is 6.45. The first-order valence-electron chi connectivity index (χ1n) is 3.68. The minimum Gasteiger partial charge on any atom is -0.252 e. The van der Waals surface area contributed by atoms with Crippen LogP contribution in [0.15, 0.2) is 18.3 Å². The van der Waals surface area contributed by atoms with Crippen LogP contribution in [0.5, 0.6) is 0 Å². The van der Waals surface area contributed by atoms with Crippen molar-refractivity contribution < 1.29 is 4.39 Å². The van der Waals surface area contributed by atoms with Crippen molar-refractivity contribution in [2.24, 2.45) is 0 Å². The largest absolute Gasteiger partial charge is 0.252 e. The number of fused-ring (bicyclic) bond motifs is 1. The fourth-order valence-electron chi connectivity index (χ4n) is 1.17. The first-order chi connectivity index (χ1) is 6.59. The lowest BCUT2D eigenvalue weighted by Crippen LogP contribution is -1.86. The molecule has 0 amide bonds. The first kappa shape index (κ1) is 9.97. The molecule has 14 heavy (non-hydrogen) atoms. The van der Waals surface area contributed by atoms with E-state index in [1.807, 2.05) is 0 Å². The number of benzene rings is 1. The van der Waals surface area contributed by atoms with Crippen molar-refractivity contribution in [2.75, 3.05) is 0 Å². The molecule has 0 unspecified atom stereocenters. The van der Waals surface area contributed by atoms with E-state index in [0.717, 1.165) is 0 Å². The Morgan fingerprint density at radius 1 is 1.14 bits per heavy atom. The second-order valence-electron chi connectivity index (χ2n) is 2.70. The van der Waals surface area contributed by atoms with E-state index in [2.05, 4.69) is 4.98 Å². The predicted molar refractivity (Wildman–Crippen MR) is 56.7 cm³/mol. The lowest BCUT2D eigenvalue weighted by atomic mass is 10.2. The van der Waals surface area contributed by atoms with Gasteiger partial charge in [0.2, 0.25) is 0 Å². The highest BCUT2D eigenvalue weighted by Gasteiger charge is 2.09. The Morgan fingerprint density at radius 2 is 1.86 bits per heavy atom. The zero-order chi connectivity index (χ0) is 10.3. The van der Waals surface area contributed by atoms with Gasteiger partial charge in [0.1, 0.15) is 5.52 Å². The van der Waals surface area contributed by atoms with Gasteiger partial charge in [0.15, 0.2) is 5.82 Å². The molecular formula is C9H3Cl3FN. The van der Waals surface area contributed by atoms with E-state index in [1.54, 1.807) is 0 Å². The third-order valence-corrected chi connectivity index (χ3v) is 2.79. The normalized spacial score (nSPS) is 10.9. The van der Waals surface area contributed by atoms with E-state index in [0.29, 0.717) is 5.39 Å². The molecule has 0 aliphatic rings. The predicted octanol–water partition coefficient (Wildman–Crippen LogP) is 4.33. The Bertz CT molecular complexity index is 513. The Hall–Kier alpha value is -0.570. The van der Waals surface area contributed by atoms with Crippen LogP contribution >= 0.6 is 34.8 Å². The Kier molecular flexibility index (Phi) is 2.52. The van der Waals surface area contributed by atoms with Crippen LogP contribution in [0.4, 0.5) is 4.39 Å². The smallest absolute Gasteiger partial charge is 0.150 e. The molecule has 2 rings (SSSR count). The van der Waals surface area contributed by atoms with Crippen LogP contribution in [0, 0.1) is 5.82 Å². The minimum absolute atomic E-state index is 0.170. The standard InChI is InChI=1S/C9H3Cl3FN/c10-4-1-5-8(12)6(11)3-14-9(5)7(13)2-4/h1-3H. The van der Waals surface area contributed by atoms with Gasteiger partial charge in [0, 0.05) is 16.6 Å². The molecule has 0 aliphatic carbocycles. The summed E-state index contributed by atoms with van der Waals surface area (Å²) >= 11 is 17.3. The molecule has 0 spiro atoms. The molecule has 1 nitrogen and oxygen atoms in total. The average molecular weight is 250 g/mol. The summed E-state index contributed by atoms with van der Waals surface area (Å²) in [5.41, 5.74) is 0.170. The second-order valence-corrected chi connectivity index (χ2v) is 3.93. The Morgan fingerprint density at radius 3 is 2.57 bits per heavy atom. The Labute approximate surface area is 94.4 Å². The van der Waals surface area contributed by atoms with Gasteiger partial charge in [-0.05, 0) is 12.1 Å². The SMILES string of the molecule is Fc1cc(Cl)cc2c(Cl)c(Cl)cnc12. The average Bonchev–Trinajstić information content (AvgIpc) is 2.12. The van der Waals surface area contributed by atoms with Gasteiger partial charge >= 0.3 is 0 Å². The van der Waals surface area contributed by atoms with Crippen molar-refractivity contribution >= 4 is 45.7 Å². The number of nitrogens with zero attached hydrogens (tertiary/aromatic N) is 1. The van der Waals surface area contributed by atoms with E-state index in [4.69, 9.17) is 34.8 Å². The van der Waals surface area contributed by atoms with Gasteiger partial charge in [-0.3, -0.25) is 4.98 Å². The summed E-state index contributed by atoms with van der Waals surface area (Å²) in [5, 5.41) is 1.23. The van der Waals surface area contributed by atoms with Gasteiger partial charge in [-0.2, -0.15) is 0 Å². The quantitative estimate of drug-likeness (QED) is 0.678. The van der Waals surface area contributed by atoms with E-state index < -0.39 is 5.82 Å². The van der Waals surface area contributed by atoms with Crippen LogP contribution < -0.4 is 0 Å². The maximum Gasteiger partial charge on any atom is 0.150 e. The molecule has 1 heterocycles. The third-order valence-electron chi connectivity index (χ3n) is 1.78. The summed E-state index contributed by atoms with van der Waals surface area (Å²) in [6, 6.07) is 2.71. The summed E-state index contributed by atoms with van der Waals surface area (Å²) in [6.07, 6.45) is 1.31. The van der Waals surface area contributed by atoms with Gasteiger partial charge in [0.25, 0.3) is 0 Å². The van der Waals surface area contributed by atoms with Crippen LogP contribution in [0.25, 0.3) is 10.9 Å². The lowest BCUT2D eigenvalue weighted by molar-refractivity contribution is 0.637. The van der Waals surface area contributed by atoms with E-state index >= 15 is 0 Å². The van der Waals surface area contributed by atoms with Crippen LogP contribution in [0.1, 0.15) is 0 Å². The highest BCUT2D eigenvalue weighted by Crippen LogP contribution is 2.32. The van der Waals surface area contributed by atoms with Crippen molar-refractivity contribution in [1.29, 1.82) is 0 Å². The fraction of sp³-hybridized carbons (Fsp3) is 0. The van der Waals surface area contributed by atoms with Gasteiger partial charge in [-0.15, -0.1) is 0 Å². The molecule has 72 valence electrons. The lowest BCUT2D eigenvalue weighted by Gasteiger charge is -2.03. The van der Waals surface area contributed by atoms with Crippen molar-refractivity contribution in [2.45, 2.75) is 0 Å².